The molecule has 1 nitrogen and oxygen atoms in total. The minimum absolute atomic E-state index is 0. The summed E-state index contributed by atoms with van der Waals surface area (Å²) in [6.07, 6.45) is 0. The third kappa shape index (κ3) is 56.1. The molecule has 2 N–H and O–H groups in total. The second-order valence-corrected chi connectivity index (χ2v) is 0. The normalized spacial score (nSPS) is 0. The van der Waals surface area contributed by atoms with Crippen LogP contribution in [-0.2, 0) is 25.8 Å². The first-order valence-electron chi connectivity index (χ1n) is 0. The molecular weight excluding hydrogens is 231 g/mol. The summed E-state index contributed by atoms with van der Waals surface area (Å²) in [5, 5.41) is 0. The van der Waals surface area contributed by atoms with Crippen LogP contribution in [0.1, 0.15) is 0 Å². The first kappa shape index (κ1) is 197. The van der Waals surface area contributed by atoms with Gasteiger partial charge in [-0.2, -0.15) is 0 Å². The smallest absolute Gasteiger partial charge is 0 e. The maximum absolute atomic E-state index is 0. The summed E-state index contributed by atoms with van der Waals surface area (Å²) < 4.78 is 0. The van der Waals surface area contributed by atoms with Crippen molar-refractivity contribution in [3.8, 4) is 0 Å². The van der Waals surface area contributed by atoms with Gasteiger partial charge in [0.1, 0.15) is 0 Å². The van der Waals surface area contributed by atoms with Crippen molar-refractivity contribution in [2.45, 2.75) is 0 Å². The Morgan fingerprint density at radius 3 is 0.600 bits per heavy atom. The van der Waals surface area contributed by atoms with Gasteiger partial charge in [-0.3, -0.25) is 0 Å². The molecule has 0 amide bonds. The van der Waals surface area contributed by atoms with E-state index in [2.05, 4.69) is 0 Å². The minimum atomic E-state index is 0. The Morgan fingerprint density at radius 1 is 0.600 bits per heavy atom. The monoisotopic (exact) mass is 243 g/mol. The molecule has 0 aromatic rings. The maximum atomic E-state index is 0. The van der Waals surface area contributed by atoms with Gasteiger partial charge in [0.15, 0.2) is 0 Å². The Morgan fingerprint density at radius 2 is 0.600 bits per heavy atom. The predicted octanol–water partition coefficient (Wildman–Crippen LogP) is 0.524. The molecule has 0 aliphatic heterocycles. The maximum Gasteiger partial charge on any atom is 0 e. The Hall–Kier alpha value is 0.830. The SMILES string of the molecule is O.[CH3-].[CH3-].[CH3-].[Hf]. The zero-order valence-electron chi connectivity index (χ0n) is 4.00. The van der Waals surface area contributed by atoms with Crippen molar-refractivity contribution in [2.24, 2.45) is 0 Å². The zero-order valence-corrected chi connectivity index (χ0v) is 7.59. The molecular formula is C3H11HfO-3. The van der Waals surface area contributed by atoms with Crippen LogP contribution in [-0.4, -0.2) is 5.48 Å². The summed E-state index contributed by atoms with van der Waals surface area (Å²) in [4.78, 5) is 0. The predicted molar refractivity (Wildman–Crippen MR) is 22.9 cm³/mol. The number of hydrogen-bond donors (Lipinski definition) is 0. The number of rotatable bonds is 0. The van der Waals surface area contributed by atoms with E-state index in [9.17, 15) is 0 Å². The average molecular weight is 242 g/mol. The molecule has 0 aromatic carbocycles. The van der Waals surface area contributed by atoms with E-state index < -0.39 is 0 Å². The fraction of sp³-hybridized carbons (Fsp3) is 0. The van der Waals surface area contributed by atoms with E-state index in [1.54, 1.807) is 0 Å². The fourth-order valence-electron chi connectivity index (χ4n) is 0. The zero-order chi connectivity index (χ0) is 0. The quantitative estimate of drug-likeness (QED) is 0.438. The van der Waals surface area contributed by atoms with E-state index in [1.165, 1.54) is 0 Å². The van der Waals surface area contributed by atoms with Gasteiger partial charge in [0.05, 0.1) is 0 Å². The van der Waals surface area contributed by atoms with Crippen LogP contribution in [0, 0.1) is 22.3 Å². The van der Waals surface area contributed by atoms with Crippen LogP contribution >= 0.6 is 0 Å². The van der Waals surface area contributed by atoms with Gasteiger partial charge in [-0.25, -0.2) is 0 Å². The summed E-state index contributed by atoms with van der Waals surface area (Å²) in [5.41, 5.74) is 0. The summed E-state index contributed by atoms with van der Waals surface area (Å²) >= 11 is 0. The average Bonchev–Trinajstić information content (AvgIpc) is 0. The molecule has 0 saturated carbocycles. The molecule has 0 saturated heterocycles. The molecule has 0 aromatic heterocycles. The second kappa shape index (κ2) is 103. The van der Waals surface area contributed by atoms with Crippen molar-refractivity contribution in [3.05, 3.63) is 22.3 Å². The van der Waals surface area contributed by atoms with Crippen molar-refractivity contribution in [2.75, 3.05) is 0 Å². The second-order valence-electron chi connectivity index (χ2n) is 0. The Labute approximate surface area is 53.9 Å². The van der Waals surface area contributed by atoms with E-state index in [0.717, 1.165) is 0 Å². The molecule has 0 heterocycles. The van der Waals surface area contributed by atoms with Gasteiger partial charge in [0.2, 0.25) is 0 Å². The molecule has 36 valence electrons. The van der Waals surface area contributed by atoms with Gasteiger partial charge in [0.25, 0.3) is 0 Å². The van der Waals surface area contributed by atoms with E-state index in [-0.39, 0.29) is 53.6 Å². The van der Waals surface area contributed by atoms with Crippen LogP contribution < -0.4 is 0 Å². The summed E-state index contributed by atoms with van der Waals surface area (Å²) in [6, 6.07) is 0. The van der Waals surface area contributed by atoms with Gasteiger partial charge < -0.3 is 27.8 Å². The molecule has 0 radical (unpaired) electrons. The van der Waals surface area contributed by atoms with Crippen LogP contribution in [0.3, 0.4) is 0 Å². The molecule has 2 heteroatoms. The van der Waals surface area contributed by atoms with Gasteiger partial charge in [-0.05, 0) is 0 Å². The summed E-state index contributed by atoms with van der Waals surface area (Å²) in [6.45, 7) is 0. The van der Waals surface area contributed by atoms with Crippen molar-refractivity contribution in [1.29, 1.82) is 0 Å². The Balaban J connectivity index is 0. The van der Waals surface area contributed by atoms with Crippen LogP contribution in [0.15, 0.2) is 0 Å². The van der Waals surface area contributed by atoms with Crippen molar-refractivity contribution >= 4 is 0 Å². The van der Waals surface area contributed by atoms with E-state index in [4.69, 9.17) is 0 Å². The van der Waals surface area contributed by atoms with Crippen LogP contribution in [0.5, 0.6) is 0 Å². The van der Waals surface area contributed by atoms with Crippen LogP contribution in [0.4, 0.5) is 0 Å². The van der Waals surface area contributed by atoms with E-state index in [0.29, 0.717) is 0 Å². The topological polar surface area (TPSA) is 31.5 Å². The van der Waals surface area contributed by atoms with Gasteiger partial charge in [-0.15, -0.1) is 0 Å². The summed E-state index contributed by atoms with van der Waals surface area (Å²) in [7, 11) is 0. The Kier molecular flexibility index (Phi) is 4060. The first-order chi connectivity index (χ1) is 0. The molecule has 0 unspecified atom stereocenters. The Bertz CT molecular complexity index is 6.85. The van der Waals surface area contributed by atoms with Crippen molar-refractivity contribution in [1.82, 2.24) is 0 Å². The fourth-order valence-corrected chi connectivity index (χ4v) is 0. The third-order valence-corrected chi connectivity index (χ3v) is 0. The largest absolute Gasteiger partial charge is 0.412 e. The molecule has 0 atom stereocenters. The van der Waals surface area contributed by atoms with E-state index >= 15 is 0 Å². The first-order valence-corrected chi connectivity index (χ1v) is 0. The molecule has 0 rings (SSSR count). The summed E-state index contributed by atoms with van der Waals surface area (Å²) in [5.74, 6) is 0. The minimum Gasteiger partial charge on any atom is -0.412 e. The third-order valence-electron chi connectivity index (χ3n) is 0. The van der Waals surface area contributed by atoms with Crippen molar-refractivity contribution in [3.63, 3.8) is 0 Å². The molecule has 0 aliphatic carbocycles. The molecule has 0 aliphatic rings. The van der Waals surface area contributed by atoms with Gasteiger partial charge in [-0.1, -0.05) is 0 Å². The van der Waals surface area contributed by atoms with E-state index in [1.807, 2.05) is 0 Å². The van der Waals surface area contributed by atoms with Crippen LogP contribution in [0.2, 0.25) is 0 Å². The molecule has 0 bridgehead atoms. The van der Waals surface area contributed by atoms with Crippen LogP contribution in [0.25, 0.3) is 0 Å². The van der Waals surface area contributed by atoms with Crippen molar-refractivity contribution < 1.29 is 31.3 Å². The molecule has 5 heavy (non-hydrogen) atoms. The number of hydrogen-bond acceptors (Lipinski definition) is 0. The molecule has 0 fully saturated rings. The van der Waals surface area contributed by atoms with Gasteiger partial charge in [0, 0.05) is 25.8 Å². The molecule has 0 spiro atoms. The standard InChI is InChI=1S/3CH3.Hf.H2O/h3*1H3;;1H2/q3*-1;;. The van der Waals surface area contributed by atoms with Gasteiger partial charge >= 0.3 is 0 Å².